The van der Waals surface area contributed by atoms with Crippen molar-refractivity contribution in [2.75, 3.05) is 6.54 Å². The lowest BCUT2D eigenvalue weighted by Gasteiger charge is -2.26. The van der Waals surface area contributed by atoms with Gasteiger partial charge in [-0.3, -0.25) is 0 Å². The highest BCUT2D eigenvalue weighted by Gasteiger charge is 2.30. The predicted molar refractivity (Wildman–Crippen MR) is 85.4 cm³/mol. The summed E-state index contributed by atoms with van der Waals surface area (Å²) in [5, 5.41) is 4.50. The molecule has 0 bridgehead atoms. The quantitative estimate of drug-likeness (QED) is 0.857. The van der Waals surface area contributed by atoms with Crippen LogP contribution in [0.15, 0.2) is 48.5 Å². The van der Waals surface area contributed by atoms with Crippen LogP contribution in [0.1, 0.15) is 42.0 Å². The molecule has 1 N–H and O–H groups in total. The second kappa shape index (κ2) is 5.99. The Labute approximate surface area is 126 Å². The summed E-state index contributed by atoms with van der Waals surface area (Å²) in [5.41, 5.74) is 4.20. The van der Waals surface area contributed by atoms with Gasteiger partial charge in [-0.25, -0.2) is 0 Å². The standard InChI is InChI=1S/C18H20ClN/c1-2-20-18(16-9-5-6-10-17(16)19)15-12-11-13-7-3-4-8-14(13)15/h3-10,15,18,20H,2,11-12H2,1H3. The number of benzene rings is 2. The average molecular weight is 286 g/mol. The molecule has 104 valence electrons. The number of fused-ring (bicyclic) bond motifs is 1. The molecule has 20 heavy (non-hydrogen) atoms. The highest BCUT2D eigenvalue weighted by molar-refractivity contribution is 6.31. The lowest BCUT2D eigenvalue weighted by molar-refractivity contribution is 0.453. The van der Waals surface area contributed by atoms with Gasteiger partial charge in [-0.2, -0.15) is 0 Å². The molecule has 1 aliphatic rings. The number of rotatable bonds is 4. The van der Waals surface area contributed by atoms with E-state index in [1.54, 1.807) is 0 Å². The summed E-state index contributed by atoms with van der Waals surface area (Å²) in [4.78, 5) is 0. The SMILES string of the molecule is CCNC(c1ccccc1Cl)C1CCc2ccccc21. The van der Waals surface area contributed by atoms with Crippen LogP contribution in [-0.4, -0.2) is 6.54 Å². The van der Waals surface area contributed by atoms with Gasteiger partial charge in [-0.05, 0) is 42.1 Å². The second-order valence-electron chi connectivity index (χ2n) is 5.40. The Balaban J connectivity index is 1.99. The summed E-state index contributed by atoms with van der Waals surface area (Å²) >= 11 is 6.42. The summed E-state index contributed by atoms with van der Waals surface area (Å²) in [5.74, 6) is 0.519. The van der Waals surface area contributed by atoms with E-state index in [9.17, 15) is 0 Å². The highest BCUT2D eigenvalue weighted by Crippen LogP contribution is 2.43. The maximum atomic E-state index is 6.42. The summed E-state index contributed by atoms with van der Waals surface area (Å²) in [6, 6.07) is 17.3. The lowest BCUT2D eigenvalue weighted by atomic mass is 9.88. The van der Waals surface area contributed by atoms with E-state index in [0.717, 1.165) is 11.6 Å². The fraction of sp³-hybridized carbons (Fsp3) is 0.333. The molecule has 0 spiro atoms. The molecule has 2 aromatic carbocycles. The van der Waals surface area contributed by atoms with Crippen molar-refractivity contribution in [3.05, 3.63) is 70.2 Å². The minimum Gasteiger partial charge on any atom is -0.310 e. The smallest absolute Gasteiger partial charge is 0.0454 e. The van der Waals surface area contributed by atoms with Gasteiger partial charge in [0.2, 0.25) is 0 Å². The lowest BCUT2D eigenvalue weighted by Crippen LogP contribution is -2.26. The van der Waals surface area contributed by atoms with Crippen molar-refractivity contribution in [3.8, 4) is 0 Å². The molecule has 1 aliphatic carbocycles. The first-order valence-electron chi connectivity index (χ1n) is 7.37. The Morgan fingerprint density at radius 2 is 1.90 bits per heavy atom. The van der Waals surface area contributed by atoms with Crippen molar-refractivity contribution < 1.29 is 0 Å². The molecule has 0 heterocycles. The number of aryl methyl sites for hydroxylation is 1. The van der Waals surface area contributed by atoms with Crippen LogP contribution in [0.4, 0.5) is 0 Å². The van der Waals surface area contributed by atoms with Crippen LogP contribution in [0.5, 0.6) is 0 Å². The summed E-state index contributed by atoms with van der Waals surface area (Å²) < 4.78 is 0. The third kappa shape index (κ3) is 2.48. The largest absolute Gasteiger partial charge is 0.310 e. The van der Waals surface area contributed by atoms with E-state index in [4.69, 9.17) is 11.6 Å². The van der Waals surface area contributed by atoms with Gasteiger partial charge in [0.1, 0.15) is 0 Å². The number of hydrogen-bond acceptors (Lipinski definition) is 1. The first-order valence-corrected chi connectivity index (χ1v) is 7.74. The van der Waals surface area contributed by atoms with Gasteiger partial charge in [-0.1, -0.05) is 61.0 Å². The van der Waals surface area contributed by atoms with Gasteiger partial charge < -0.3 is 5.32 Å². The van der Waals surface area contributed by atoms with Crippen molar-refractivity contribution in [2.45, 2.75) is 31.7 Å². The molecule has 1 nitrogen and oxygen atoms in total. The first-order chi connectivity index (χ1) is 9.81. The molecular weight excluding hydrogens is 266 g/mol. The van der Waals surface area contributed by atoms with E-state index in [2.05, 4.69) is 48.6 Å². The fourth-order valence-corrected chi connectivity index (χ4v) is 3.61. The van der Waals surface area contributed by atoms with Crippen molar-refractivity contribution in [1.82, 2.24) is 5.32 Å². The average Bonchev–Trinajstić information content (AvgIpc) is 2.90. The van der Waals surface area contributed by atoms with E-state index in [-0.39, 0.29) is 0 Å². The van der Waals surface area contributed by atoms with Crippen LogP contribution >= 0.6 is 11.6 Å². The van der Waals surface area contributed by atoms with Gasteiger partial charge in [-0.15, -0.1) is 0 Å². The topological polar surface area (TPSA) is 12.0 Å². The minimum atomic E-state index is 0.303. The maximum absolute atomic E-state index is 6.42. The Hall–Kier alpha value is -1.31. The number of halogens is 1. The van der Waals surface area contributed by atoms with Crippen LogP contribution in [0.3, 0.4) is 0 Å². The predicted octanol–water partition coefficient (Wildman–Crippen LogP) is 4.72. The van der Waals surface area contributed by atoms with Crippen LogP contribution in [0.2, 0.25) is 5.02 Å². The van der Waals surface area contributed by atoms with Gasteiger partial charge in [0, 0.05) is 17.0 Å². The zero-order valence-electron chi connectivity index (χ0n) is 11.8. The van der Waals surface area contributed by atoms with Gasteiger partial charge in [0.25, 0.3) is 0 Å². The fourth-order valence-electron chi connectivity index (χ4n) is 3.35. The normalized spacial score (nSPS) is 18.8. The van der Waals surface area contributed by atoms with Crippen molar-refractivity contribution in [3.63, 3.8) is 0 Å². The molecule has 0 amide bonds. The number of likely N-dealkylation sites (N-methyl/N-ethyl adjacent to an activating group) is 1. The van der Waals surface area contributed by atoms with Crippen LogP contribution < -0.4 is 5.32 Å². The van der Waals surface area contributed by atoms with Crippen LogP contribution in [0.25, 0.3) is 0 Å². The molecule has 0 saturated carbocycles. The summed E-state index contributed by atoms with van der Waals surface area (Å²) in [6.45, 7) is 3.11. The Morgan fingerprint density at radius 3 is 2.70 bits per heavy atom. The third-order valence-corrected chi connectivity index (χ3v) is 4.59. The molecule has 0 radical (unpaired) electrons. The van der Waals surface area contributed by atoms with Crippen molar-refractivity contribution >= 4 is 11.6 Å². The van der Waals surface area contributed by atoms with Crippen molar-refractivity contribution in [1.29, 1.82) is 0 Å². The van der Waals surface area contributed by atoms with Gasteiger partial charge in [0.15, 0.2) is 0 Å². The number of hydrogen-bond donors (Lipinski definition) is 1. The zero-order valence-corrected chi connectivity index (χ0v) is 12.5. The Morgan fingerprint density at radius 1 is 1.15 bits per heavy atom. The van der Waals surface area contributed by atoms with E-state index >= 15 is 0 Å². The van der Waals surface area contributed by atoms with Crippen LogP contribution in [-0.2, 0) is 6.42 Å². The van der Waals surface area contributed by atoms with Gasteiger partial charge >= 0.3 is 0 Å². The third-order valence-electron chi connectivity index (χ3n) is 4.25. The first kappa shape index (κ1) is 13.7. The second-order valence-corrected chi connectivity index (χ2v) is 5.81. The summed E-state index contributed by atoms with van der Waals surface area (Å²) in [6.07, 6.45) is 2.37. The molecule has 0 saturated heterocycles. The monoisotopic (exact) mass is 285 g/mol. The molecule has 2 unspecified atom stereocenters. The number of nitrogens with one attached hydrogen (secondary N) is 1. The molecule has 3 rings (SSSR count). The van der Waals surface area contributed by atoms with Crippen molar-refractivity contribution in [2.24, 2.45) is 0 Å². The van der Waals surface area contributed by atoms with E-state index in [0.29, 0.717) is 12.0 Å². The van der Waals surface area contributed by atoms with E-state index in [1.807, 2.05) is 12.1 Å². The Bertz CT molecular complexity index is 593. The van der Waals surface area contributed by atoms with Crippen LogP contribution in [0, 0.1) is 0 Å². The molecule has 0 aromatic heterocycles. The molecule has 0 fully saturated rings. The molecule has 2 atom stereocenters. The Kier molecular flexibility index (Phi) is 4.09. The van der Waals surface area contributed by atoms with E-state index < -0.39 is 0 Å². The molecule has 0 aliphatic heterocycles. The minimum absolute atomic E-state index is 0.303. The molecule has 2 aromatic rings. The summed E-state index contributed by atoms with van der Waals surface area (Å²) in [7, 11) is 0. The zero-order chi connectivity index (χ0) is 13.9. The molecule has 2 heteroatoms. The maximum Gasteiger partial charge on any atom is 0.0454 e. The highest BCUT2D eigenvalue weighted by atomic mass is 35.5. The van der Waals surface area contributed by atoms with Gasteiger partial charge in [0.05, 0.1) is 0 Å². The van der Waals surface area contributed by atoms with E-state index in [1.165, 1.54) is 29.5 Å². The molecular formula is C18H20ClN.